The van der Waals surface area contributed by atoms with Crippen LogP contribution in [0.2, 0.25) is 0 Å². The molecule has 2 aliphatic rings. The number of aromatic nitrogens is 2. The van der Waals surface area contributed by atoms with Gasteiger partial charge in [-0.25, -0.2) is 0 Å². The molecule has 1 aromatic heterocycles. The number of rotatable bonds is 6. The fourth-order valence-corrected chi connectivity index (χ4v) is 3.67. The summed E-state index contributed by atoms with van der Waals surface area (Å²) in [6.07, 6.45) is 12.0. The molecule has 1 aliphatic carbocycles. The molecule has 3 rings (SSSR count). The van der Waals surface area contributed by atoms with E-state index in [1.165, 1.54) is 38.5 Å². The average Bonchev–Trinajstić information content (AvgIpc) is 3.17. The molecule has 4 nitrogen and oxygen atoms in total. The average molecular weight is 289 g/mol. The third kappa shape index (κ3) is 4.16. The lowest BCUT2D eigenvalue weighted by molar-refractivity contribution is -0.118. The molecule has 116 valence electrons. The van der Waals surface area contributed by atoms with Crippen molar-refractivity contribution >= 4 is 5.78 Å². The van der Waals surface area contributed by atoms with Gasteiger partial charge in [0.2, 0.25) is 0 Å². The van der Waals surface area contributed by atoms with E-state index in [1.54, 1.807) is 0 Å². The molecule has 1 aromatic rings. The van der Waals surface area contributed by atoms with Crippen LogP contribution in [0.1, 0.15) is 63.1 Å². The fraction of sp³-hybridized carbons (Fsp3) is 0.765. The second-order valence-corrected chi connectivity index (χ2v) is 6.69. The molecule has 0 spiro atoms. The number of hydrogen-bond donors (Lipinski definition) is 1. The highest BCUT2D eigenvalue weighted by molar-refractivity contribution is 5.80. The van der Waals surface area contributed by atoms with Crippen LogP contribution < -0.4 is 5.32 Å². The second-order valence-electron chi connectivity index (χ2n) is 6.69. The first kappa shape index (κ1) is 14.8. The summed E-state index contributed by atoms with van der Waals surface area (Å²) in [5, 5.41) is 8.03. The summed E-state index contributed by atoms with van der Waals surface area (Å²) in [5.41, 5.74) is 0.952. The zero-order valence-corrected chi connectivity index (χ0v) is 12.9. The predicted molar refractivity (Wildman–Crippen MR) is 83.3 cm³/mol. The van der Waals surface area contributed by atoms with E-state index < -0.39 is 0 Å². The highest BCUT2D eigenvalue weighted by Crippen LogP contribution is 2.28. The highest BCUT2D eigenvalue weighted by Gasteiger charge is 2.18. The largest absolute Gasteiger partial charge is 0.316 e. The minimum atomic E-state index is 0.345. The summed E-state index contributed by atoms with van der Waals surface area (Å²) in [4.78, 5) is 12.1. The Kier molecular flexibility index (Phi) is 5.07. The van der Waals surface area contributed by atoms with Gasteiger partial charge >= 0.3 is 0 Å². The number of nitrogens with zero attached hydrogens (tertiary/aromatic N) is 2. The summed E-state index contributed by atoms with van der Waals surface area (Å²) < 4.78 is 2.08. The number of piperidine rings is 1. The lowest BCUT2D eigenvalue weighted by Crippen LogP contribution is -2.30. The smallest absolute Gasteiger partial charge is 0.138 e. The van der Waals surface area contributed by atoms with E-state index in [4.69, 9.17) is 0 Å². The summed E-state index contributed by atoms with van der Waals surface area (Å²) in [6, 6.07) is 2.60. The third-order valence-electron chi connectivity index (χ3n) is 4.97. The van der Waals surface area contributed by atoms with Crippen molar-refractivity contribution in [3.8, 4) is 0 Å². The molecule has 2 heterocycles. The van der Waals surface area contributed by atoms with Crippen LogP contribution in [0.4, 0.5) is 0 Å². The predicted octanol–water partition coefficient (Wildman–Crippen LogP) is 2.89. The number of carbonyl (C=O) groups is 1. The molecular weight excluding hydrogens is 262 g/mol. The monoisotopic (exact) mass is 289 g/mol. The summed E-state index contributed by atoms with van der Waals surface area (Å²) in [7, 11) is 0. The van der Waals surface area contributed by atoms with Crippen molar-refractivity contribution in [3.63, 3.8) is 0 Å². The van der Waals surface area contributed by atoms with Gasteiger partial charge in [-0.05, 0) is 57.2 Å². The standard InChI is InChI=1S/C17H27N3O/c21-17(8-7-14-4-3-10-18-13-14)12-15-9-11-20(19-15)16-5-1-2-6-16/h9,11,14,16,18H,1-8,10,12-13H2. The molecule has 4 heteroatoms. The minimum Gasteiger partial charge on any atom is -0.316 e. The van der Waals surface area contributed by atoms with Gasteiger partial charge in [-0.3, -0.25) is 9.48 Å². The minimum absolute atomic E-state index is 0.345. The maximum atomic E-state index is 12.1. The van der Waals surface area contributed by atoms with Gasteiger partial charge < -0.3 is 5.32 Å². The first-order chi connectivity index (χ1) is 10.3. The van der Waals surface area contributed by atoms with E-state index in [2.05, 4.69) is 21.3 Å². The summed E-state index contributed by atoms with van der Waals surface area (Å²) in [6.45, 7) is 2.23. The van der Waals surface area contributed by atoms with Crippen molar-refractivity contribution in [3.05, 3.63) is 18.0 Å². The van der Waals surface area contributed by atoms with Crippen molar-refractivity contribution in [2.24, 2.45) is 5.92 Å². The molecular formula is C17H27N3O. The van der Waals surface area contributed by atoms with Gasteiger partial charge in [-0.1, -0.05) is 12.8 Å². The third-order valence-corrected chi connectivity index (χ3v) is 4.97. The van der Waals surface area contributed by atoms with E-state index >= 15 is 0 Å². The van der Waals surface area contributed by atoms with Crippen LogP contribution in [-0.2, 0) is 11.2 Å². The first-order valence-electron chi connectivity index (χ1n) is 8.58. The Labute approximate surface area is 127 Å². The molecule has 2 fully saturated rings. The van der Waals surface area contributed by atoms with Crippen LogP contribution in [0, 0.1) is 5.92 Å². The molecule has 1 saturated heterocycles. The van der Waals surface area contributed by atoms with Gasteiger partial charge in [0.05, 0.1) is 18.2 Å². The number of hydrogen-bond acceptors (Lipinski definition) is 3. The lowest BCUT2D eigenvalue weighted by Gasteiger charge is -2.22. The van der Waals surface area contributed by atoms with Crippen molar-refractivity contribution in [2.75, 3.05) is 13.1 Å². The molecule has 1 N–H and O–H groups in total. The molecule has 1 aliphatic heterocycles. The van der Waals surface area contributed by atoms with Gasteiger partial charge in [0.1, 0.15) is 5.78 Å². The molecule has 1 atom stereocenters. The zero-order chi connectivity index (χ0) is 14.5. The number of ketones is 1. The Hall–Kier alpha value is -1.16. The van der Waals surface area contributed by atoms with Gasteiger partial charge in [-0.15, -0.1) is 0 Å². The summed E-state index contributed by atoms with van der Waals surface area (Å²) >= 11 is 0. The van der Waals surface area contributed by atoms with Crippen molar-refractivity contribution in [1.29, 1.82) is 0 Å². The normalized spacial score (nSPS) is 23.5. The Morgan fingerprint density at radius 1 is 1.29 bits per heavy atom. The number of carbonyl (C=O) groups excluding carboxylic acids is 1. The lowest BCUT2D eigenvalue weighted by atomic mass is 9.93. The molecule has 0 amide bonds. The maximum Gasteiger partial charge on any atom is 0.138 e. The van der Waals surface area contributed by atoms with E-state index in [0.717, 1.165) is 25.2 Å². The van der Waals surface area contributed by atoms with Crippen LogP contribution in [0.15, 0.2) is 12.3 Å². The SMILES string of the molecule is O=C(CCC1CCCNC1)Cc1ccn(C2CCCC2)n1. The van der Waals surface area contributed by atoms with Crippen molar-refractivity contribution in [1.82, 2.24) is 15.1 Å². The van der Waals surface area contributed by atoms with Crippen LogP contribution in [0.25, 0.3) is 0 Å². The van der Waals surface area contributed by atoms with Crippen LogP contribution in [0.5, 0.6) is 0 Å². The van der Waals surface area contributed by atoms with Crippen molar-refractivity contribution < 1.29 is 4.79 Å². The van der Waals surface area contributed by atoms with Gasteiger partial charge in [-0.2, -0.15) is 5.10 Å². The maximum absolute atomic E-state index is 12.1. The molecule has 21 heavy (non-hydrogen) atoms. The van der Waals surface area contributed by atoms with Gasteiger partial charge in [0.15, 0.2) is 0 Å². The van der Waals surface area contributed by atoms with E-state index in [0.29, 0.717) is 30.6 Å². The Bertz CT molecular complexity index is 456. The van der Waals surface area contributed by atoms with Crippen molar-refractivity contribution in [2.45, 2.75) is 63.8 Å². The summed E-state index contributed by atoms with van der Waals surface area (Å²) in [5.74, 6) is 1.04. The fourth-order valence-electron chi connectivity index (χ4n) is 3.67. The van der Waals surface area contributed by atoms with Crippen LogP contribution in [-0.4, -0.2) is 28.7 Å². The number of Topliss-reactive ketones (excluding diaryl/α,β-unsaturated/α-hetero) is 1. The van der Waals surface area contributed by atoms with Gasteiger partial charge in [0.25, 0.3) is 0 Å². The van der Waals surface area contributed by atoms with E-state index in [1.807, 2.05) is 6.07 Å². The zero-order valence-electron chi connectivity index (χ0n) is 12.9. The number of nitrogens with one attached hydrogen (secondary N) is 1. The topological polar surface area (TPSA) is 46.9 Å². The van der Waals surface area contributed by atoms with Gasteiger partial charge in [0, 0.05) is 12.6 Å². The second kappa shape index (κ2) is 7.21. The van der Waals surface area contributed by atoms with Crippen LogP contribution >= 0.6 is 0 Å². The van der Waals surface area contributed by atoms with E-state index in [-0.39, 0.29) is 0 Å². The Balaban J connectivity index is 1.43. The quantitative estimate of drug-likeness (QED) is 0.876. The molecule has 0 radical (unpaired) electrons. The highest BCUT2D eigenvalue weighted by atomic mass is 16.1. The Morgan fingerprint density at radius 3 is 2.90 bits per heavy atom. The first-order valence-corrected chi connectivity index (χ1v) is 8.58. The van der Waals surface area contributed by atoms with E-state index in [9.17, 15) is 4.79 Å². The van der Waals surface area contributed by atoms with Crippen LogP contribution in [0.3, 0.4) is 0 Å². The molecule has 0 bridgehead atoms. The molecule has 0 aromatic carbocycles. The Morgan fingerprint density at radius 2 is 2.14 bits per heavy atom. The molecule has 1 saturated carbocycles. The molecule has 1 unspecified atom stereocenters.